The van der Waals surface area contributed by atoms with Crippen LogP contribution in [0.4, 0.5) is 5.82 Å². The maximum atomic E-state index is 4.50. The van der Waals surface area contributed by atoms with Crippen LogP contribution >= 0.6 is 38.5 Å². The summed E-state index contributed by atoms with van der Waals surface area (Å²) in [6.45, 7) is 3.03. The summed E-state index contributed by atoms with van der Waals surface area (Å²) >= 11 is 5.59. The smallest absolute Gasteiger partial charge is 0.180 e. The molecule has 0 aromatic carbocycles. The zero-order valence-corrected chi connectivity index (χ0v) is 13.6. The van der Waals surface area contributed by atoms with Gasteiger partial charge in [0.25, 0.3) is 0 Å². The number of anilines is 1. The second-order valence-electron chi connectivity index (χ2n) is 3.68. The maximum absolute atomic E-state index is 4.50. The summed E-state index contributed by atoms with van der Waals surface area (Å²) < 4.78 is 1.96. The second-order valence-corrected chi connectivity index (χ2v) is 5.76. The molecule has 0 aliphatic heterocycles. The molecular formula is C12H12BrIN4. The third-order valence-electron chi connectivity index (χ3n) is 2.24. The lowest BCUT2D eigenvalue weighted by atomic mass is 10.3. The summed E-state index contributed by atoms with van der Waals surface area (Å²) in [5.74, 6) is 1.51. The summed E-state index contributed by atoms with van der Waals surface area (Å²) in [4.78, 5) is 13.1. The fraction of sp³-hybridized carbons (Fsp3) is 0.250. The van der Waals surface area contributed by atoms with Crippen LogP contribution in [0, 0.1) is 3.57 Å². The topological polar surface area (TPSA) is 50.7 Å². The number of hydrogen-bond donors (Lipinski definition) is 1. The molecule has 0 aliphatic carbocycles. The van der Waals surface area contributed by atoms with Gasteiger partial charge in [-0.15, -0.1) is 0 Å². The zero-order valence-electron chi connectivity index (χ0n) is 9.82. The molecule has 2 aromatic rings. The molecule has 1 N–H and O–H groups in total. The van der Waals surface area contributed by atoms with Gasteiger partial charge in [0.2, 0.25) is 0 Å². The van der Waals surface area contributed by atoms with E-state index in [0.29, 0.717) is 5.82 Å². The molecule has 0 spiro atoms. The van der Waals surface area contributed by atoms with Crippen LogP contribution in [0.15, 0.2) is 29.0 Å². The average Bonchev–Trinajstić information content (AvgIpc) is 2.39. The van der Waals surface area contributed by atoms with Crippen molar-refractivity contribution in [3.8, 4) is 11.5 Å². The molecule has 0 amide bonds. The van der Waals surface area contributed by atoms with Gasteiger partial charge in [-0.3, -0.25) is 4.98 Å². The van der Waals surface area contributed by atoms with E-state index >= 15 is 0 Å². The Kier molecular flexibility index (Phi) is 4.87. The lowest BCUT2D eigenvalue weighted by Gasteiger charge is -2.07. The van der Waals surface area contributed by atoms with Gasteiger partial charge in [0.1, 0.15) is 11.5 Å². The van der Waals surface area contributed by atoms with E-state index in [-0.39, 0.29) is 0 Å². The highest BCUT2D eigenvalue weighted by Crippen LogP contribution is 2.20. The number of halogens is 2. The lowest BCUT2D eigenvalue weighted by Crippen LogP contribution is -2.05. The van der Waals surface area contributed by atoms with E-state index in [2.05, 4.69) is 65.7 Å². The minimum Gasteiger partial charge on any atom is -0.369 e. The van der Waals surface area contributed by atoms with Gasteiger partial charge in [-0.1, -0.05) is 6.92 Å². The normalized spacial score (nSPS) is 10.4. The Balaban J connectivity index is 2.31. The summed E-state index contributed by atoms with van der Waals surface area (Å²) in [5, 5.41) is 3.29. The molecule has 0 aliphatic rings. The SMILES string of the molecule is CCCNc1nc(-c2ccc(Br)cn2)ncc1I. The van der Waals surface area contributed by atoms with Crippen molar-refractivity contribution in [1.82, 2.24) is 15.0 Å². The van der Waals surface area contributed by atoms with E-state index in [0.717, 1.165) is 32.5 Å². The molecule has 0 saturated heterocycles. The van der Waals surface area contributed by atoms with Gasteiger partial charge in [-0.2, -0.15) is 0 Å². The largest absolute Gasteiger partial charge is 0.369 e. The highest BCUT2D eigenvalue weighted by atomic mass is 127. The molecule has 0 bridgehead atoms. The molecule has 0 radical (unpaired) electrons. The van der Waals surface area contributed by atoms with Crippen LogP contribution in [-0.4, -0.2) is 21.5 Å². The molecule has 2 aromatic heterocycles. The first-order valence-electron chi connectivity index (χ1n) is 5.59. The summed E-state index contributed by atoms with van der Waals surface area (Å²) in [5.41, 5.74) is 0.772. The number of pyridine rings is 1. The fourth-order valence-electron chi connectivity index (χ4n) is 1.37. The Labute approximate surface area is 128 Å². The number of hydrogen-bond acceptors (Lipinski definition) is 4. The summed E-state index contributed by atoms with van der Waals surface area (Å²) in [6, 6.07) is 3.83. The van der Waals surface area contributed by atoms with Crippen molar-refractivity contribution >= 4 is 44.3 Å². The standard InChI is InChI=1S/C12H12BrIN4/c1-2-5-15-11-9(14)7-17-12(18-11)10-4-3-8(13)6-16-10/h3-4,6-7H,2,5H2,1H3,(H,15,17,18). The third kappa shape index (κ3) is 3.38. The van der Waals surface area contributed by atoms with Crippen LogP contribution in [0.5, 0.6) is 0 Å². The fourth-order valence-corrected chi connectivity index (χ4v) is 2.05. The van der Waals surface area contributed by atoms with E-state index in [1.54, 1.807) is 6.20 Å². The Bertz CT molecular complexity index is 530. The molecular weight excluding hydrogens is 407 g/mol. The number of rotatable bonds is 4. The zero-order chi connectivity index (χ0) is 13.0. The minimum absolute atomic E-state index is 0.640. The first-order valence-corrected chi connectivity index (χ1v) is 7.46. The Morgan fingerprint density at radius 2 is 2.11 bits per heavy atom. The van der Waals surface area contributed by atoms with E-state index < -0.39 is 0 Å². The number of nitrogens with zero attached hydrogens (tertiary/aromatic N) is 3. The molecule has 0 unspecified atom stereocenters. The van der Waals surface area contributed by atoms with Gasteiger partial charge in [0.05, 0.1) is 3.57 Å². The molecule has 2 rings (SSSR count). The summed E-state index contributed by atoms with van der Waals surface area (Å²) in [6.07, 6.45) is 4.62. The predicted molar refractivity (Wildman–Crippen MR) is 84.5 cm³/mol. The highest BCUT2D eigenvalue weighted by Gasteiger charge is 2.07. The van der Waals surface area contributed by atoms with Crippen molar-refractivity contribution in [3.63, 3.8) is 0 Å². The van der Waals surface area contributed by atoms with Crippen molar-refractivity contribution in [2.75, 3.05) is 11.9 Å². The average molecular weight is 419 g/mol. The van der Waals surface area contributed by atoms with Crippen molar-refractivity contribution < 1.29 is 0 Å². The first kappa shape index (κ1) is 13.7. The molecule has 0 saturated carbocycles. The van der Waals surface area contributed by atoms with Crippen LogP contribution in [-0.2, 0) is 0 Å². The van der Waals surface area contributed by atoms with Gasteiger partial charge < -0.3 is 5.32 Å². The molecule has 2 heterocycles. The Morgan fingerprint density at radius 3 is 2.78 bits per heavy atom. The van der Waals surface area contributed by atoms with Crippen LogP contribution < -0.4 is 5.32 Å². The van der Waals surface area contributed by atoms with Gasteiger partial charge >= 0.3 is 0 Å². The van der Waals surface area contributed by atoms with E-state index in [1.165, 1.54) is 0 Å². The predicted octanol–water partition coefficient (Wildman–Crippen LogP) is 3.73. The summed E-state index contributed by atoms with van der Waals surface area (Å²) in [7, 11) is 0. The lowest BCUT2D eigenvalue weighted by molar-refractivity contribution is 0.962. The van der Waals surface area contributed by atoms with Crippen molar-refractivity contribution in [3.05, 3.63) is 32.6 Å². The van der Waals surface area contributed by atoms with Crippen LogP contribution in [0.2, 0.25) is 0 Å². The first-order chi connectivity index (χ1) is 8.70. The van der Waals surface area contributed by atoms with E-state index in [9.17, 15) is 0 Å². The van der Waals surface area contributed by atoms with E-state index in [4.69, 9.17) is 0 Å². The Hall–Kier alpha value is -0.760. The number of nitrogens with one attached hydrogen (secondary N) is 1. The molecule has 0 fully saturated rings. The molecule has 18 heavy (non-hydrogen) atoms. The third-order valence-corrected chi connectivity index (χ3v) is 3.50. The van der Waals surface area contributed by atoms with E-state index in [1.807, 2.05) is 18.3 Å². The molecule has 0 atom stereocenters. The van der Waals surface area contributed by atoms with Gasteiger partial charge in [-0.05, 0) is 57.1 Å². The van der Waals surface area contributed by atoms with Crippen molar-refractivity contribution in [2.24, 2.45) is 0 Å². The molecule has 4 nitrogen and oxygen atoms in total. The van der Waals surface area contributed by atoms with Crippen molar-refractivity contribution in [1.29, 1.82) is 0 Å². The van der Waals surface area contributed by atoms with Crippen LogP contribution in [0.25, 0.3) is 11.5 Å². The monoisotopic (exact) mass is 418 g/mol. The van der Waals surface area contributed by atoms with Gasteiger partial charge in [0.15, 0.2) is 5.82 Å². The number of aromatic nitrogens is 3. The molecule has 6 heteroatoms. The maximum Gasteiger partial charge on any atom is 0.180 e. The molecule has 94 valence electrons. The second kappa shape index (κ2) is 6.42. The van der Waals surface area contributed by atoms with Crippen LogP contribution in [0.1, 0.15) is 13.3 Å². The highest BCUT2D eigenvalue weighted by molar-refractivity contribution is 14.1. The van der Waals surface area contributed by atoms with Crippen LogP contribution in [0.3, 0.4) is 0 Å². The Morgan fingerprint density at radius 1 is 1.28 bits per heavy atom. The van der Waals surface area contributed by atoms with Gasteiger partial charge in [-0.25, -0.2) is 9.97 Å². The van der Waals surface area contributed by atoms with Crippen molar-refractivity contribution in [2.45, 2.75) is 13.3 Å². The quantitative estimate of drug-likeness (QED) is 0.768. The van der Waals surface area contributed by atoms with Gasteiger partial charge in [0, 0.05) is 23.4 Å². The minimum atomic E-state index is 0.640.